The van der Waals surface area contributed by atoms with Crippen molar-refractivity contribution in [2.24, 2.45) is 5.73 Å². The van der Waals surface area contributed by atoms with Crippen LogP contribution in [-0.4, -0.2) is 34.3 Å². The average molecular weight is 525 g/mol. The Morgan fingerprint density at radius 1 is 1.08 bits per heavy atom. The highest BCUT2D eigenvalue weighted by molar-refractivity contribution is 7.25. The van der Waals surface area contributed by atoms with Crippen LogP contribution in [0.3, 0.4) is 0 Å². The first-order valence-corrected chi connectivity index (χ1v) is 12.3. The zero-order valence-corrected chi connectivity index (χ0v) is 20.5. The Bertz CT molecular complexity index is 1530. The van der Waals surface area contributed by atoms with E-state index >= 15 is 0 Å². The average Bonchev–Trinajstić information content (AvgIpc) is 3.25. The van der Waals surface area contributed by atoms with Crippen molar-refractivity contribution in [3.8, 4) is 11.5 Å². The zero-order valence-electron chi connectivity index (χ0n) is 18.9. The molecule has 0 spiro atoms. The van der Waals surface area contributed by atoms with Crippen LogP contribution in [0.15, 0.2) is 67.0 Å². The Morgan fingerprint density at radius 2 is 1.97 bits per heavy atom. The zero-order chi connectivity index (χ0) is 25.1. The van der Waals surface area contributed by atoms with Crippen LogP contribution >= 0.6 is 22.9 Å². The van der Waals surface area contributed by atoms with Crippen LogP contribution in [0.5, 0.6) is 11.5 Å². The smallest absolute Gasteiger partial charge is 0.143 e. The van der Waals surface area contributed by atoms with Crippen molar-refractivity contribution in [2.75, 3.05) is 18.5 Å². The van der Waals surface area contributed by atoms with Crippen molar-refractivity contribution in [3.05, 3.63) is 83.4 Å². The molecule has 2 aromatic heterocycles. The van der Waals surface area contributed by atoms with Crippen LogP contribution in [0.1, 0.15) is 5.56 Å². The van der Waals surface area contributed by atoms with Gasteiger partial charge >= 0.3 is 0 Å². The molecule has 10 heteroatoms. The Balaban J connectivity index is 1.36. The molecule has 7 nitrogen and oxygen atoms in total. The molecule has 0 fully saturated rings. The number of aliphatic hydroxyl groups excluding tert-OH is 1. The monoisotopic (exact) mass is 524 g/mol. The van der Waals surface area contributed by atoms with Gasteiger partial charge in [-0.1, -0.05) is 23.7 Å². The van der Waals surface area contributed by atoms with Crippen LogP contribution in [0.25, 0.3) is 20.3 Å². The molecule has 5 rings (SSSR count). The molecule has 4 N–H and O–H groups in total. The number of hydrogen-bond donors (Lipinski definition) is 3. The number of halogens is 2. The standard InChI is InChI=1S/C26H22ClFN4O3S/c27-21-9-18(4-7-22(21)35-12-15-2-1-3-16(28)8-15)32-25-24-20-6-5-19(34-13-17(29)11-33)10-23(20)36-26(24)31-14-30-25/h1-10,14,17,33H,11-13,29H2,(H,30,31,32). The third-order valence-electron chi connectivity index (χ3n) is 5.42. The molecule has 36 heavy (non-hydrogen) atoms. The van der Waals surface area contributed by atoms with Crippen LogP contribution in [0.2, 0.25) is 5.02 Å². The first-order valence-electron chi connectivity index (χ1n) is 11.1. The van der Waals surface area contributed by atoms with E-state index in [2.05, 4.69) is 15.3 Å². The fraction of sp³-hybridized carbons (Fsp3) is 0.154. The molecule has 0 saturated carbocycles. The molecule has 0 aliphatic carbocycles. The van der Waals surface area contributed by atoms with Crippen LogP contribution in [0.4, 0.5) is 15.9 Å². The van der Waals surface area contributed by atoms with Gasteiger partial charge in [0.15, 0.2) is 0 Å². The van der Waals surface area contributed by atoms with Gasteiger partial charge in [0.25, 0.3) is 0 Å². The second kappa shape index (κ2) is 10.6. The predicted octanol–water partition coefficient (Wildman–Crippen LogP) is 5.66. The number of nitrogens with one attached hydrogen (secondary N) is 1. The topological polar surface area (TPSA) is 103 Å². The number of anilines is 2. The lowest BCUT2D eigenvalue weighted by atomic mass is 10.2. The van der Waals surface area contributed by atoms with Crippen molar-refractivity contribution < 1.29 is 19.0 Å². The number of aromatic nitrogens is 2. The maximum absolute atomic E-state index is 13.4. The summed E-state index contributed by atoms with van der Waals surface area (Å²) in [6.07, 6.45) is 1.51. The minimum Gasteiger partial charge on any atom is -0.492 e. The fourth-order valence-electron chi connectivity index (χ4n) is 3.65. The lowest BCUT2D eigenvalue weighted by molar-refractivity contribution is 0.207. The highest BCUT2D eigenvalue weighted by Crippen LogP contribution is 2.39. The Labute approximate surface area is 215 Å². The van der Waals surface area contributed by atoms with E-state index in [1.807, 2.05) is 24.3 Å². The summed E-state index contributed by atoms with van der Waals surface area (Å²) in [5, 5.41) is 14.7. The van der Waals surface area contributed by atoms with Gasteiger partial charge in [0.05, 0.1) is 23.1 Å². The Hall–Kier alpha value is -3.50. The summed E-state index contributed by atoms with van der Waals surface area (Å²) < 4.78 is 25.8. The second-order valence-electron chi connectivity index (χ2n) is 8.10. The summed E-state index contributed by atoms with van der Waals surface area (Å²) in [6, 6.07) is 16.9. The lowest BCUT2D eigenvalue weighted by Crippen LogP contribution is -2.31. The van der Waals surface area contributed by atoms with Crippen molar-refractivity contribution in [1.29, 1.82) is 0 Å². The van der Waals surface area contributed by atoms with Gasteiger partial charge in [-0.3, -0.25) is 0 Å². The maximum atomic E-state index is 13.4. The van der Waals surface area contributed by atoms with E-state index in [9.17, 15) is 4.39 Å². The van der Waals surface area contributed by atoms with Crippen LogP contribution in [-0.2, 0) is 6.61 Å². The van der Waals surface area contributed by atoms with Crippen molar-refractivity contribution >= 4 is 54.7 Å². The molecule has 5 aromatic rings. The summed E-state index contributed by atoms with van der Waals surface area (Å²) in [6.45, 7) is 0.289. The highest BCUT2D eigenvalue weighted by Gasteiger charge is 2.14. The summed E-state index contributed by atoms with van der Waals surface area (Å²) in [5.41, 5.74) is 7.17. The number of ether oxygens (including phenoxy) is 2. The van der Waals surface area contributed by atoms with Gasteiger partial charge in [0.2, 0.25) is 0 Å². The van der Waals surface area contributed by atoms with Gasteiger partial charge < -0.3 is 25.6 Å². The molecule has 1 unspecified atom stereocenters. The van der Waals surface area contributed by atoms with Crippen molar-refractivity contribution in [1.82, 2.24) is 9.97 Å². The van der Waals surface area contributed by atoms with E-state index in [1.165, 1.54) is 29.8 Å². The van der Waals surface area contributed by atoms with Gasteiger partial charge in [-0.05, 0) is 54.1 Å². The van der Waals surface area contributed by atoms with E-state index in [0.29, 0.717) is 27.9 Å². The summed E-state index contributed by atoms with van der Waals surface area (Å²) >= 11 is 7.98. The molecular formula is C26H22ClFN4O3S. The highest BCUT2D eigenvalue weighted by atomic mass is 35.5. The molecule has 0 radical (unpaired) electrons. The molecule has 3 aromatic carbocycles. The molecule has 0 aliphatic rings. The molecule has 0 saturated heterocycles. The lowest BCUT2D eigenvalue weighted by Gasteiger charge is -2.12. The van der Waals surface area contributed by atoms with Crippen molar-refractivity contribution in [3.63, 3.8) is 0 Å². The quantitative estimate of drug-likeness (QED) is 0.229. The maximum Gasteiger partial charge on any atom is 0.143 e. The van der Waals surface area contributed by atoms with E-state index in [4.69, 9.17) is 31.9 Å². The van der Waals surface area contributed by atoms with Gasteiger partial charge in [-0.2, -0.15) is 0 Å². The number of rotatable bonds is 9. The number of nitrogens with two attached hydrogens (primary N) is 1. The summed E-state index contributed by atoms with van der Waals surface area (Å²) in [7, 11) is 0. The fourth-order valence-corrected chi connectivity index (χ4v) is 4.96. The van der Waals surface area contributed by atoms with Gasteiger partial charge in [-0.15, -0.1) is 11.3 Å². The van der Waals surface area contributed by atoms with Crippen molar-refractivity contribution in [2.45, 2.75) is 12.6 Å². The summed E-state index contributed by atoms with van der Waals surface area (Å²) in [4.78, 5) is 9.71. The van der Waals surface area contributed by atoms with E-state index < -0.39 is 6.04 Å². The number of nitrogens with zero attached hydrogens (tertiary/aromatic N) is 2. The van der Waals surface area contributed by atoms with Gasteiger partial charge in [0, 0.05) is 15.8 Å². The Morgan fingerprint density at radius 3 is 2.78 bits per heavy atom. The molecule has 0 aliphatic heterocycles. The Kier molecular flexibility index (Phi) is 7.15. The van der Waals surface area contributed by atoms with Crippen LogP contribution < -0.4 is 20.5 Å². The van der Waals surface area contributed by atoms with Gasteiger partial charge in [0.1, 0.15) is 47.5 Å². The van der Waals surface area contributed by atoms with E-state index in [-0.39, 0.29) is 25.6 Å². The number of fused-ring (bicyclic) bond motifs is 3. The normalized spacial score (nSPS) is 12.1. The number of hydrogen-bond acceptors (Lipinski definition) is 8. The van der Waals surface area contributed by atoms with E-state index in [1.54, 1.807) is 24.3 Å². The van der Waals surface area contributed by atoms with Crippen LogP contribution in [0, 0.1) is 5.82 Å². The summed E-state index contributed by atoms with van der Waals surface area (Å²) in [5.74, 6) is 1.50. The largest absolute Gasteiger partial charge is 0.492 e. The number of benzene rings is 3. The SMILES string of the molecule is NC(CO)COc1ccc2c(c1)sc1ncnc(Nc3ccc(OCc4cccc(F)c4)c(Cl)c3)c12. The second-order valence-corrected chi connectivity index (χ2v) is 9.54. The molecule has 1 atom stereocenters. The molecule has 0 bridgehead atoms. The number of thiophene rings is 1. The third kappa shape index (κ3) is 5.34. The molecule has 2 heterocycles. The van der Waals surface area contributed by atoms with Gasteiger partial charge in [-0.25, -0.2) is 14.4 Å². The number of aliphatic hydroxyl groups is 1. The first kappa shape index (κ1) is 24.2. The molecule has 184 valence electrons. The van der Waals surface area contributed by atoms with E-state index in [0.717, 1.165) is 26.0 Å². The molecule has 0 amide bonds. The minimum atomic E-state index is -0.435. The minimum absolute atomic E-state index is 0.139. The molecular weight excluding hydrogens is 503 g/mol. The predicted molar refractivity (Wildman–Crippen MR) is 141 cm³/mol. The first-order chi connectivity index (χ1) is 17.5. The third-order valence-corrected chi connectivity index (χ3v) is 6.77.